The molecule has 0 saturated carbocycles. The van der Waals surface area contributed by atoms with Crippen LogP contribution in [0.5, 0.6) is 5.75 Å². The van der Waals surface area contributed by atoms with Crippen LogP contribution in [0.3, 0.4) is 0 Å². The molecule has 0 aliphatic carbocycles. The van der Waals surface area contributed by atoms with E-state index in [4.69, 9.17) is 9.15 Å². The molecule has 1 amide bonds. The second kappa shape index (κ2) is 8.29. The van der Waals surface area contributed by atoms with E-state index in [2.05, 4.69) is 10.1 Å². The minimum absolute atomic E-state index is 0.0780. The van der Waals surface area contributed by atoms with Gasteiger partial charge in [-0.15, -0.1) is 0 Å². The molecule has 4 rings (SSSR count). The van der Waals surface area contributed by atoms with Crippen LogP contribution in [0.25, 0.3) is 0 Å². The molecule has 1 fully saturated rings. The minimum atomic E-state index is 0.0780. The summed E-state index contributed by atoms with van der Waals surface area (Å²) in [4.78, 5) is 18.9. The number of benzene rings is 1. The van der Waals surface area contributed by atoms with E-state index in [-0.39, 0.29) is 18.4 Å². The van der Waals surface area contributed by atoms with Crippen molar-refractivity contribution in [3.63, 3.8) is 0 Å². The smallest absolute Gasteiger partial charge is 0.244 e. The van der Waals surface area contributed by atoms with Crippen LogP contribution in [0.1, 0.15) is 36.0 Å². The molecule has 1 atom stereocenters. The van der Waals surface area contributed by atoms with E-state index in [0.717, 1.165) is 36.5 Å². The molecule has 2 aromatic heterocycles. The fraction of sp³-hybridized carbons (Fsp3) is 0.381. The van der Waals surface area contributed by atoms with Crippen molar-refractivity contribution in [3.05, 3.63) is 66.1 Å². The van der Waals surface area contributed by atoms with E-state index >= 15 is 0 Å². The first kappa shape index (κ1) is 18.3. The Labute approximate surface area is 163 Å². The lowest BCUT2D eigenvalue weighted by atomic mass is 9.98. The highest BCUT2D eigenvalue weighted by Gasteiger charge is 2.28. The summed E-state index contributed by atoms with van der Waals surface area (Å²) in [5.74, 6) is 2.56. The van der Waals surface area contributed by atoms with Crippen molar-refractivity contribution >= 4 is 5.91 Å². The van der Waals surface area contributed by atoms with Gasteiger partial charge in [-0.1, -0.05) is 18.2 Å². The Morgan fingerprint density at radius 1 is 1.32 bits per heavy atom. The van der Waals surface area contributed by atoms with Crippen LogP contribution >= 0.6 is 0 Å². The van der Waals surface area contributed by atoms with Crippen molar-refractivity contribution in [2.45, 2.75) is 31.7 Å². The van der Waals surface area contributed by atoms with Crippen molar-refractivity contribution in [3.8, 4) is 5.75 Å². The van der Waals surface area contributed by atoms with Crippen LogP contribution in [0.4, 0.5) is 0 Å². The molecule has 1 aliphatic rings. The van der Waals surface area contributed by atoms with Gasteiger partial charge in [0, 0.05) is 37.5 Å². The Balaban J connectivity index is 1.41. The third-order valence-corrected chi connectivity index (χ3v) is 5.11. The predicted octanol–water partition coefficient (Wildman–Crippen LogP) is 2.88. The fourth-order valence-corrected chi connectivity index (χ4v) is 3.67. The lowest BCUT2D eigenvalue weighted by molar-refractivity contribution is -0.133. The number of hydrogen-bond donors (Lipinski definition) is 0. The highest BCUT2D eigenvalue weighted by atomic mass is 16.5. The Bertz CT molecular complexity index is 919. The number of nitrogens with zero attached hydrogens (tertiary/aromatic N) is 4. The number of piperidine rings is 1. The zero-order valence-electron chi connectivity index (χ0n) is 16.0. The number of likely N-dealkylation sites (tertiary alicyclic amines) is 1. The minimum Gasteiger partial charge on any atom is -0.496 e. The second-order valence-electron chi connectivity index (χ2n) is 7.04. The Morgan fingerprint density at radius 3 is 3.04 bits per heavy atom. The van der Waals surface area contributed by atoms with E-state index in [0.29, 0.717) is 18.9 Å². The van der Waals surface area contributed by atoms with E-state index in [9.17, 15) is 4.79 Å². The topological polar surface area (TPSA) is 73.4 Å². The third-order valence-electron chi connectivity index (χ3n) is 5.11. The maximum atomic E-state index is 12.6. The van der Waals surface area contributed by atoms with Gasteiger partial charge in [0.15, 0.2) is 5.89 Å². The Morgan fingerprint density at radius 2 is 2.21 bits per heavy atom. The molecule has 3 heterocycles. The Kier molecular flexibility index (Phi) is 5.41. The number of rotatable bonds is 6. The van der Waals surface area contributed by atoms with Gasteiger partial charge >= 0.3 is 0 Å². The van der Waals surface area contributed by atoms with Gasteiger partial charge in [0.1, 0.15) is 18.1 Å². The van der Waals surface area contributed by atoms with Gasteiger partial charge in [-0.3, -0.25) is 9.48 Å². The molecule has 1 saturated heterocycles. The van der Waals surface area contributed by atoms with Gasteiger partial charge in [0.25, 0.3) is 0 Å². The molecule has 0 N–H and O–H groups in total. The van der Waals surface area contributed by atoms with Crippen LogP contribution in [0.2, 0.25) is 0 Å². The van der Waals surface area contributed by atoms with E-state index in [1.165, 1.54) is 0 Å². The molecular formula is C21H24N4O3. The van der Waals surface area contributed by atoms with Gasteiger partial charge < -0.3 is 14.1 Å². The van der Waals surface area contributed by atoms with E-state index in [1.807, 2.05) is 35.2 Å². The van der Waals surface area contributed by atoms with Gasteiger partial charge in [-0.2, -0.15) is 5.10 Å². The summed E-state index contributed by atoms with van der Waals surface area (Å²) in [6, 6.07) is 9.72. The number of aromatic nitrogens is 3. The molecule has 0 radical (unpaired) electrons. The maximum absolute atomic E-state index is 12.6. The van der Waals surface area contributed by atoms with Crippen LogP contribution in [0, 0.1) is 0 Å². The summed E-state index contributed by atoms with van der Waals surface area (Å²) in [6.07, 6.45) is 7.82. The quantitative estimate of drug-likeness (QED) is 0.657. The first-order valence-electron chi connectivity index (χ1n) is 9.54. The highest BCUT2D eigenvalue weighted by Crippen LogP contribution is 2.28. The standard InChI is InChI=1S/C21H24N4O3/c1-27-19-8-3-2-6-16(19)12-18-13-22-21(28-18)17-7-4-10-24(14-17)20(26)15-25-11-5-9-23-25/h2-3,5-6,8-9,11,13,17H,4,7,10,12,14-15H2,1H3/t17-/m1/s1. The maximum Gasteiger partial charge on any atom is 0.244 e. The van der Waals surface area contributed by atoms with E-state index in [1.54, 1.807) is 30.4 Å². The monoisotopic (exact) mass is 380 g/mol. The molecular weight excluding hydrogens is 356 g/mol. The van der Waals surface area contributed by atoms with E-state index < -0.39 is 0 Å². The summed E-state index contributed by atoms with van der Waals surface area (Å²) in [7, 11) is 1.67. The van der Waals surface area contributed by atoms with Gasteiger partial charge in [-0.25, -0.2) is 4.98 Å². The average Bonchev–Trinajstić information content (AvgIpc) is 3.41. The number of para-hydroxylation sites is 1. The first-order chi connectivity index (χ1) is 13.7. The molecule has 3 aromatic rings. The number of carbonyl (C=O) groups is 1. The number of carbonyl (C=O) groups excluding carboxylic acids is 1. The first-order valence-corrected chi connectivity index (χ1v) is 9.54. The molecule has 1 aromatic carbocycles. The van der Waals surface area contributed by atoms with Gasteiger partial charge in [-0.05, 0) is 25.0 Å². The molecule has 0 unspecified atom stereocenters. The molecule has 0 bridgehead atoms. The summed E-state index contributed by atoms with van der Waals surface area (Å²) >= 11 is 0. The van der Waals surface area contributed by atoms with Crippen molar-refractivity contribution in [2.24, 2.45) is 0 Å². The molecule has 1 aliphatic heterocycles. The molecule has 7 heteroatoms. The van der Waals surface area contributed by atoms with Crippen molar-refractivity contribution in [1.82, 2.24) is 19.7 Å². The third kappa shape index (κ3) is 4.08. The lowest BCUT2D eigenvalue weighted by Crippen LogP contribution is -2.41. The Hall–Kier alpha value is -3.09. The van der Waals surface area contributed by atoms with Crippen LogP contribution in [0.15, 0.2) is 53.3 Å². The van der Waals surface area contributed by atoms with Crippen molar-refractivity contribution < 1.29 is 13.9 Å². The SMILES string of the molecule is COc1ccccc1Cc1cnc([C@@H]2CCCN(C(=O)Cn3cccn3)C2)o1. The highest BCUT2D eigenvalue weighted by molar-refractivity contribution is 5.76. The number of methoxy groups -OCH3 is 1. The zero-order valence-corrected chi connectivity index (χ0v) is 16.0. The second-order valence-corrected chi connectivity index (χ2v) is 7.04. The largest absolute Gasteiger partial charge is 0.496 e. The summed E-state index contributed by atoms with van der Waals surface area (Å²) in [5, 5.41) is 4.11. The summed E-state index contributed by atoms with van der Waals surface area (Å²) in [6.45, 7) is 1.67. The number of ether oxygens (including phenoxy) is 1. The average molecular weight is 380 g/mol. The molecule has 28 heavy (non-hydrogen) atoms. The van der Waals surface area contributed by atoms with Gasteiger partial charge in [0.05, 0.1) is 19.2 Å². The predicted molar refractivity (Wildman–Crippen MR) is 103 cm³/mol. The summed E-state index contributed by atoms with van der Waals surface area (Å²) in [5.41, 5.74) is 1.06. The van der Waals surface area contributed by atoms with Crippen molar-refractivity contribution in [1.29, 1.82) is 0 Å². The van der Waals surface area contributed by atoms with Gasteiger partial charge in [0.2, 0.25) is 5.91 Å². The number of oxazole rings is 1. The molecule has 0 spiro atoms. The zero-order chi connectivity index (χ0) is 19.3. The van der Waals surface area contributed by atoms with Crippen LogP contribution in [-0.2, 0) is 17.8 Å². The molecule has 146 valence electrons. The normalized spacial score (nSPS) is 16.9. The number of amides is 1. The van der Waals surface area contributed by atoms with Crippen LogP contribution in [-0.4, -0.2) is 45.8 Å². The number of hydrogen-bond acceptors (Lipinski definition) is 5. The molecule has 7 nitrogen and oxygen atoms in total. The lowest BCUT2D eigenvalue weighted by Gasteiger charge is -2.31. The summed E-state index contributed by atoms with van der Waals surface area (Å²) < 4.78 is 13.1. The fourth-order valence-electron chi connectivity index (χ4n) is 3.67. The van der Waals surface area contributed by atoms with Crippen molar-refractivity contribution in [2.75, 3.05) is 20.2 Å². The van der Waals surface area contributed by atoms with Crippen LogP contribution < -0.4 is 4.74 Å².